The van der Waals surface area contributed by atoms with Gasteiger partial charge in [-0.2, -0.15) is 0 Å². The van der Waals surface area contributed by atoms with E-state index in [2.05, 4.69) is 0 Å². The molecule has 1 aliphatic heterocycles. The number of hydrogen-bond donors (Lipinski definition) is 0. The predicted molar refractivity (Wildman–Crippen MR) is 61.5 cm³/mol. The molecule has 0 radical (unpaired) electrons. The maximum atomic E-state index is 11.6. The zero-order valence-electron chi connectivity index (χ0n) is 10.1. The molecule has 1 atom stereocenters. The summed E-state index contributed by atoms with van der Waals surface area (Å²) in [5.41, 5.74) is 0.947. The second-order valence-corrected chi connectivity index (χ2v) is 4.34. The highest BCUT2D eigenvalue weighted by atomic mass is 16.5. The van der Waals surface area contributed by atoms with Gasteiger partial charge in [-0.05, 0) is 17.7 Å². The van der Waals surface area contributed by atoms with Gasteiger partial charge in [0, 0.05) is 31.4 Å². The molecule has 0 spiro atoms. The summed E-state index contributed by atoms with van der Waals surface area (Å²) in [6.07, 6.45) is 0.0402. The summed E-state index contributed by atoms with van der Waals surface area (Å²) in [6.45, 7) is 0.653. The van der Waals surface area contributed by atoms with Crippen molar-refractivity contribution in [2.75, 3.05) is 13.7 Å². The van der Waals surface area contributed by atoms with Crippen LogP contribution in [0.2, 0.25) is 0 Å². The highest BCUT2D eigenvalue weighted by molar-refractivity contribution is 5.85. The van der Waals surface area contributed by atoms with Gasteiger partial charge in [-0.15, -0.1) is 0 Å². The van der Waals surface area contributed by atoms with Crippen LogP contribution in [0.25, 0.3) is 0 Å². The average Bonchev–Trinajstić information content (AvgIpc) is 2.72. The second-order valence-electron chi connectivity index (χ2n) is 4.34. The number of carbonyl (C=O) groups is 2. The summed E-state index contributed by atoms with van der Waals surface area (Å²) >= 11 is 0. The maximum Gasteiger partial charge on any atom is 0.223 e. The third kappa shape index (κ3) is 2.61. The van der Waals surface area contributed by atoms with E-state index < -0.39 is 11.9 Å². The second kappa shape index (κ2) is 5.08. The molecule has 0 unspecified atom stereocenters. The summed E-state index contributed by atoms with van der Waals surface area (Å²) in [6, 6.07) is 7.34. The first kappa shape index (κ1) is 12.4. The van der Waals surface area contributed by atoms with Crippen molar-refractivity contribution in [1.82, 2.24) is 4.90 Å². The van der Waals surface area contributed by atoms with Crippen molar-refractivity contribution in [3.05, 3.63) is 29.8 Å². The van der Waals surface area contributed by atoms with Crippen molar-refractivity contribution in [3.63, 3.8) is 0 Å². The van der Waals surface area contributed by atoms with Gasteiger partial charge in [-0.25, -0.2) is 0 Å². The Morgan fingerprint density at radius 2 is 2.11 bits per heavy atom. The van der Waals surface area contributed by atoms with E-state index in [0.717, 1.165) is 11.3 Å². The molecule has 5 heteroatoms. The maximum absolute atomic E-state index is 11.6. The van der Waals surface area contributed by atoms with Crippen LogP contribution in [0.4, 0.5) is 0 Å². The van der Waals surface area contributed by atoms with E-state index in [4.69, 9.17) is 4.74 Å². The van der Waals surface area contributed by atoms with Crippen LogP contribution in [-0.2, 0) is 16.1 Å². The fourth-order valence-corrected chi connectivity index (χ4v) is 2.03. The Bertz CT molecular complexity index is 455. The molecule has 1 aromatic rings. The normalized spacial score (nSPS) is 19.1. The highest BCUT2D eigenvalue weighted by Gasteiger charge is 2.30. The van der Waals surface area contributed by atoms with Crippen LogP contribution in [0.1, 0.15) is 12.0 Å². The largest absolute Gasteiger partial charge is 0.550 e. The summed E-state index contributed by atoms with van der Waals surface area (Å²) in [4.78, 5) is 23.9. The molecular weight excluding hydrogens is 234 g/mol. The van der Waals surface area contributed by atoms with Gasteiger partial charge in [0.1, 0.15) is 5.75 Å². The summed E-state index contributed by atoms with van der Waals surface area (Å²) < 4.78 is 5.04. The van der Waals surface area contributed by atoms with E-state index in [-0.39, 0.29) is 18.9 Å². The Morgan fingerprint density at radius 3 is 2.61 bits per heavy atom. The number of amides is 1. The Kier molecular flexibility index (Phi) is 3.50. The van der Waals surface area contributed by atoms with Crippen LogP contribution in [-0.4, -0.2) is 30.4 Å². The number of nitrogens with zero attached hydrogens (tertiary/aromatic N) is 1. The van der Waals surface area contributed by atoms with Crippen molar-refractivity contribution in [3.8, 4) is 5.75 Å². The van der Waals surface area contributed by atoms with Crippen LogP contribution in [0.15, 0.2) is 24.3 Å². The molecule has 0 N–H and O–H groups in total. The Balaban J connectivity index is 2.01. The molecule has 0 aromatic heterocycles. The van der Waals surface area contributed by atoms with Gasteiger partial charge >= 0.3 is 0 Å². The van der Waals surface area contributed by atoms with E-state index in [9.17, 15) is 14.7 Å². The van der Waals surface area contributed by atoms with Crippen LogP contribution < -0.4 is 9.84 Å². The molecule has 0 saturated carbocycles. The van der Waals surface area contributed by atoms with Gasteiger partial charge in [0.2, 0.25) is 5.91 Å². The van der Waals surface area contributed by atoms with Crippen molar-refractivity contribution in [1.29, 1.82) is 0 Å². The molecule has 1 fully saturated rings. The topological polar surface area (TPSA) is 69.7 Å². The number of methoxy groups -OCH3 is 1. The van der Waals surface area contributed by atoms with Crippen molar-refractivity contribution in [2.45, 2.75) is 13.0 Å². The van der Waals surface area contributed by atoms with Crippen molar-refractivity contribution >= 4 is 11.9 Å². The van der Waals surface area contributed by atoms with E-state index >= 15 is 0 Å². The standard InChI is InChI=1S/C13H15NO4/c1-18-11-4-2-9(3-5-11)7-14-8-10(13(16)17)6-12(14)15/h2-5,10H,6-8H2,1H3,(H,16,17)/p-1/t10-/m0/s1. The van der Waals surface area contributed by atoms with Crippen molar-refractivity contribution < 1.29 is 19.4 Å². The zero-order chi connectivity index (χ0) is 13.1. The van der Waals surface area contributed by atoms with E-state index in [1.165, 1.54) is 0 Å². The zero-order valence-corrected chi connectivity index (χ0v) is 10.1. The lowest BCUT2D eigenvalue weighted by Gasteiger charge is -2.17. The number of carboxylic acid groups (broad SMARTS) is 1. The number of benzene rings is 1. The van der Waals surface area contributed by atoms with E-state index in [1.807, 2.05) is 24.3 Å². The molecule has 18 heavy (non-hydrogen) atoms. The van der Waals surface area contributed by atoms with Gasteiger partial charge in [0.05, 0.1) is 7.11 Å². The lowest BCUT2D eigenvalue weighted by atomic mass is 10.1. The number of hydrogen-bond acceptors (Lipinski definition) is 4. The van der Waals surface area contributed by atoms with Gasteiger partial charge in [-0.1, -0.05) is 12.1 Å². The van der Waals surface area contributed by atoms with Crippen LogP contribution >= 0.6 is 0 Å². The summed E-state index contributed by atoms with van der Waals surface area (Å²) in [5, 5.41) is 10.7. The summed E-state index contributed by atoms with van der Waals surface area (Å²) in [7, 11) is 1.59. The number of aliphatic carboxylic acids is 1. The predicted octanol–water partition coefficient (Wildman–Crippen LogP) is -0.206. The van der Waals surface area contributed by atoms with E-state index in [0.29, 0.717) is 6.54 Å². The number of ether oxygens (including phenoxy) is 1. The number of likely N-dealkylation sites (tertiary alicyclic amines) is 1. The molecule has 1 heterocycles. The molecule has 0 aliphatic carbocycles. The Hall–Kier alpha value is -2.04. The first-order valence-electron chi connectivity index (χ1n) is 5.71. The van der Waals surface area contributed by atoms with Crippen LogP contribution in [0, 0.1) is 5.92 Å². The van der Waals surface area contributed by atoms with E-state index in [1.54, 1.807) is 12.0 Å². The Morgan fingerprint density at radius 1 is 1.44 bits per heavy atom. The first-order chi connectivity index (χ1) is 8.60. The average molecular weight is 248 g/mol. The third-order valence-corrected chi connectivity index (χ3v) is 3.08. The fourth-order valence-electron chi connectivity index (χ4n) is 2.03. The van der Waals surface area contributed by atoms with Crippen LogP contribution in [0.3, 0.4) is 0 Å². The Labute approximate surface area is 105 Å². The third-order valence-electron chi connectivity index (χ3n) is 3.08. The molecular formula is C13H14NO4-. The van der Waals surface area contributed by atoms with Crippen LogP contribution in [0.5, 0.6) is 5.75 Å². The molecule has 5 nitrogen and oxygen atoms in total. The minimum atomic E-state index is -1.15. The number of carboxylic acids is 1. The quantitative estimate of drug-likeness (QED) is 0.739. The molecule has 2 rings (SSSR count). The SMILES string of the molecule is COc1ccc(CN2C[C@@H](C(=O)[O-])CC2=O)cc1. The molecule has 1 amide bonds. The molecule has 1 saturated heterocycles. The van der Waals surface area contributed by atoms with Gasteiger partial charge in [0.15, 0.2) is 0 Å². The van der Waals surface area contributed by atoms with Gasteiger partial charge < -0.3 is 19.5 Å². The minimum absolute atomic E-state index is 0.0402. The highest BCUT2D eigenvalue weighted by Crippen LogP contribution is 2.20. The number of rotatable bonds is 4. The smallest absolute Gasteiger partial charge is 0.223 e. The summed E-state index contributed by atoms with van der Waals surface area (Å²) in [5.74, 6) is -1.23. The fraction of sp³-hybridized carbons (Fsp3) is 0.385. The molecule has 1 aromatic carbocycles. The monoisotopic (exact) mass is 248 g/mol. The molecule has 1 aliphatic rings. The molecule has 96 valence electrons. The first-order valence-corrected chi connectivity index (χ1v) is 5.71. The van der Waals surface area contributed by atoms with Crippen molar-refractivity contribution in [2.24, 2.45) is 5.92 Å². The lowest BCUT2D eigenvalue weighted by molar-refractivity contribution is -0.311. The number of carbonyl (C=O) groups excluding carboxylic acids is 2. The minimum Gasteiger partial charge on any atom is -0.550 e. The molecule has 0 bridgehead atoms. The lowest BCUT2D eigenvalue weighted by Crippen LogP contribution is -2.33. The van der Waals surface area contributed by atoms with Gasteiger partial charge in [-0.3, -0.25) is 4.79 Å². The van der Waals surface area contributed by atoms with Gasteiger partial charge in [0.25, 0.3) is 0 Å².